The third-order valence-electron chi connectivity index (χ3n) is 2.04. The largest absolute Gasteiger partial charge is 0.478 e. The summed E-state index contributed by atoms with van der Waals surface area (Å²) in [5, 5.41) is 16.8. The minimum Gasteiger partial charge on any atom is -0.478 e. The molecule has 2 rings (SSSR count). The van der Waals surface area contributed by atoms with Crippen LogP contribution in [-0.2, 0) is 17.1 Å². The summed E-state index contributed by atoms with van der Waals surface area (Å²) in [7, 11) is 0. The van der Waals surface area contributed by atoms with E-state index in [1.807, 2.05) is 0 Å². The van der Waals surface area contributed by atoms with Crippen molar-refractivity contribution in [3.05, 3.63) is 71.8 Å². The van der Waals surface area contributed by atoms with Gasteiger partial charge >= 0.3 is 11.9 Å². The summed E-state index contributed by atoms with van der Waals surface area (Å²) >= 11 is 0. The van der Waals surface area contributed by atoms with Crippen LogP contribution in [0.15, 0.2) is 60.7 Å². The number of benzene rings is 2. The van der Waals surface area contributed by atoms with Crippen LogP contribution in [0.4, 0.5) is 0 Å². The van der Waals surface area contributed by atoms with Crippen LogP contribution in [-0.4, -0.2) is 22.2 Å². The van der Waals surface area contributed by atoms with E-state index in [0.717, 1.165) is 0 Å². The number of aromatic carboxylic acids is 2. The monoisotopic (exact) mass is 299 g/mol. The number of carboxylic acid groups (broad SMARTS) is 2. The van der Waals surface area contributed by atoms with Gasteiger partial charge < -0.3 is 10.2 Å². The first-order valence-electron chi connectivity index (χ1n) is 5.18. The molecule has 0 saturated carbocycles. The van der Waals surface area contributed by atoms with Crippen LogP contribution >= 0.6 is 0 Å². The Balaban J connectivity index is 0.000000324. The molecule has 0 heterocycles. The van der Waals surface area contributed by atoms with Gasteiger partial charge in [-0.1, -0.05) is 36.4 Å². The molecule has 0 bridgehead atoms. The Morgan fingerprint density at radius 2 is 0.895 bits per heavy atom. The summed E-state index contributed by atoms with van der Waals surface area (Å²) in [5.41, 5.74) is 0.662. The van der Waals surface area contributed by atoms with Crippen LogP contribution < -0.4 is 0 Å². The van der Waals surface area contributed by atoms with E-state index in [0.29, 0.717) is 11.1 Å². The summed E-state index contributed by atoms with van der Waals surface area (Å²) < 4.78 is 0. The maximum atomic E-state index is 10.2. The van der Waals surface area contributed by atoms with Crippen LogP contribution in [0, 0.1) is 0 Å². The van der Waals surface area contributed by atoms with E-state index >= 15 is 0 Å². The van der Waals surface area contributed by atoms with Crippen LogP contribution in [0.2, 0.25) is 0 Å². The summed E-state index contributed by atoms with van der Waals surface area (Å²) in [5.74, 6) is -1.76. The molecular formula is C14H12MnO4. The predicted octanol–water partition coefficient (Wildman–Crippen LogP) is 2.77. The molecule has 99 valence electrons. The Labute approximate surface area is 121 Å². The Morgan fingerprint density at radius 3 is 1.05 bits per heavy atom. The van der Waals surface area contributed by atoms with Gasteiger partial charge in [-0.3, -0.25) is 0 Å². The van der Waals surface area contributed by atoms with E-state index in [1.165, 1.54) is 0 Å². The quantitative estimate of drug-likeness (QED) is 0.836. The van der Waals surface area contributed by atoms with Gasteiger partial charge in [0.1, 0.15) is 0 Å². The molecule has 19 heavy (non-hydrogen) atoms. The fourth-order valence-electron chi connectivity index (χ4n) is 1.16. The van der Waals surface area contributed by atoms with Gasteiger partial charge in [0.25, 0.3) is 0 Å². The first-order valence-corrected chi connectivity index (χ1v) is 5.18. The Bertz CT molecular complexity index is 462. The second-order valence-corrected chi connectivity index (χ2v) is 3.34. The molecule has 4 nitrogen and oxygen atoms in total. The molecule has 0 aliphatic heterocycles. The molecule has 0 saturated heterocycles. The molecule has 0 atom stereocenters. The van der Waals surface area contributed by atoms with E-state index in [-0.39, 0.29) is 17.1 Å². The normalized spacial score (nSPS) is 8.42. The van der Waals surface area contributed by atoms with Crippen LogP contribution in [0.1, 0.15) is 20.7 Å². The van der Waals surface area contributed by atoms with Crippen molar-refractivity contribution in [2.24, 2.45) is 0 Å². The van der Waals surface area contributed by atoms with Gasteiger partial charge in [-0.25, -0.2) is 9.59 Å². The average Bonchev–Trinajstić information content (AvgIpc) is 2.41. The molecule has 0 amide bonds. The number of hydrogen-bond donors (Lipinski definition) is 2. The van der Waals surface area contributed by atoms with Crippen LogP contribution in [0.3, 0.4) is 0 Å². The van der Waals surface area contributed by atoms with E-state index < -0.39 is 11.9 Å². The molecule has 1 radical (unpaired) electrons. The number of carboxylic acids is 2. The Hall–Kier alpha value is -2.10. The van der Waals surface area contributed by atoms with Crippen molar-refractivity contribution in [2.45, 2.75) is 0 Å². The van der Waals surface area contributed by atoms with Gasteiger partial charge in [0.2, 0.25) is 0 Å². The van der Waals surface area contributed by atoms with Gasteiger partial charge in [-0.15, -0.1) is 0 Å². The molecule has 0 spiro atoms. The zero-order valence-electron chi connectivity index (χ0n) is 9.86. The molecule has 2 aromatic rings. The maximum Gasteiger partial charge on any atom is 0.335 e. The smallest absolute Gasteiger partial charge is 0.335 e. The molecule has 0 unspecified atom stereocenters. The minimum atomic E-state index is -0.879. The van der Waals surface area contributed by atoms with Gasteiger partial charge in [-0.05, 0) is 24.3 Å². The summed E-state index contributed by atoms with van der Waals surface area (Å²) in [6.45, 7) is 0. The minimum absolute atomic E-state index is 0. The predicted molar refractivity (Wildman–Crippen MR) is 66.8 cm³/mol. The standard InChI is InChI=1S/2C7H6O2.Mn/c2*8-7(9)6-4-2-1-3-5-6;/h2*1-5H,(H,8,9);. The molecule has 0 aliphatic rings. The van der Waals surface area contributed by atoms with Gasteiger partial charge in [0.15, 0.2) is 0 Å². The van der Waals surface area contributed by atoms with Crippen molar-refractivity contribution in [2.75, 3.05) is 0 Å². The third kappa shape index (κ3) is 6.40. The van der Waals surface area contributed by atoms with Crippen molar-refractivity contribution in [3.8, 4) is 0 Å². The van der Waals surface area contributed by atoms with Gasteiger partial charge in [0, 0.05) is 17.1 Å². The molecule has 2 N–H and O–H groups in total. The molecule has 0 aromatic heterocycles. The summed E-state index contributed by atoms with van der Waals surface area (Å²) in [6, 6.07) is 16.6. The molecule has 2 aromatic carbocycles. The third-order valence-corrected chi connectivity index (χ3v) is 2.04. The van der Waals surface area contributed by atoms with Crippen LogP contribution in [0.5, 0.6) is 0 Å². The molecule has 0 fully saturated rings. The zero-order valence-corrected chi connectivity index (χ0v) is 11.0. The van der Waals surface area contributed by atoms with Crippen molar-refractivity contribution in [1.82, 2.24) is 0 Å². The first kappa shape index (κ1) is 16.9. The zero-order chi connectivity index (χ0) is 13.4. The Kier molecular flexibility index (Phi) is 7.93. The second-order valence-electron chi connectivity index (χ2n) is 3.34. The van der Waals surface area contributed by atoms with E-state index in [2.05, 4.69) is 0 Å². The summed E-state index contributed by atoms with van der Waals surface area (Å²) in [6.07, 6.45) is 0. The van der Waals surface area contributed by atoms with E-state index in [1.54, 1.807) is 60.7 Å². The van der Waals surface area contributed by atoms with E-state index in [4.69, 9.17) is 10.2 Å². The fourth-order valence-corrected chi connectivity index (χ4v) is 1.16. The Morgan fingerprint density at radius 1 is 0.632 bits per heavy atom. The van der Waals surface area contributed by atoms with Gasteiger partial charge in [0.05, 0.1) is 11.1 Å². The number of rotatable bonds is 2. The average molecular weight is 299 g/mol. The maximum absolute atomic E-state index is 10.2. The fraction of sp³-hybridized carbons (Fsp3) is 0. The van der Waals surface area contributed by atoms with Crippen molar-refractivity contribution in [1.29, 1.82) is 0 Å². The SMILES string of the molecule is O=C(O)c1ccccc1.O=C(O)c1ccccc1.[Mn]. The number of carbonyl (C=O) groups is 2. The van der Waals surface area contributed by atoms with E-state index in [9.17, 15) is 9.59 Å². The summed E-state index contributed by atoms with van der Waals surface area (Å²) in [4.78, 5) is 20.4. The second kappa shape index (κ2) is 8.91. The van der Waals surface area contributed by atoms with Crippen molar-refractivity contribution >= 4 is 11.9 Å². The molecular weight excluding hydrogens is 287 g/mol. The number of hydrogen-bond acceptors (Lipinski definition) is 2. The molecule has 5 heteroatoms. The van der Waals surface area contributed by atoms with Crippen LogP contribution in [0.25, 0.3) is 0 Å². The van der Waals surface area contributed by atoms with Crippen molar-refractivity contribution in [3.63, 3.8) is 0 Å². The molecule has 0 aliphatic carbocycles. The first-order chi connectivity index (χ1) is 8.61. The van der Waals surface area contributed by atoms with Crippen molar-refractivity contribution < 1.29 is 36.9 Å². The van der Waals surface area contributed by atoms with Gasteiger partial charge in [-0.2, -0.15) is 0 Å². The topological polar surface area (TPSA) is 74.6 Å².